The van der Waals surface area contributed by atoms with Crippen molar-refractivity contribution in [3.8, 4) is 5.75 Å². The van der Waals surface area contributed by atoms with E-state index in [1.54, 1.807) is 18.2 Å². The molecule has 4 rings (SSSR count). The minimum Gasteiger partial charge on any atom is -0.491 e. The van der Waals surface area contributed by atoms with Crippen molar-refractivity contribution >= 4 is 15.9 Å². The van der Waals surface area contributed by atoms with Crippen LogP contribution in [0.4, 0.5) is 4.79 Å². The number of carbonyl (C=O) groups excluding carboxylic acids is 1. The maximum absolute atomic E-state index is 12.3. The Hall–Kier alpha value is -1.88. The number of benzene rings is 1. The first kappa shape index (κ1) is 22.3. The lowest BCUT2D eigenvalue weighted by atomic mass is 9.88. The van der Waals surface area contributed by atoms with E-state index >= 15 is 0 Å². The van der Waals surface area contributed by atoms with E-state index in [1.807, 2.05) is 0 Å². The second-order valence-corrected chi connectivity index (χ2v) is 10.8. The molecule has 1 unspecified atom stereocenters. The third-order valence-electron chi connectivity index (χ3n) is 5.99. The molecule has 2 aliphatic heterocycles. The second kappa shape index (κ2) is 9.32. The molecule has 2 atom stereocenters. The smallest absolute Gasteiger partial charge is 0.407 e. The zero-order valence-corrected chi connectivity index (χ0v) is 18.2. The number of alkyl carbamates (subject to hydrolysis) is 1. The van der Waals surface area contributed by atoms with Gasteiger partial charge in [0.25, 0.3) is 0 Å². The van der Waals surface area contributed by atoms with Crippen molar-refractivity contribution in [1.29, 1.82) is 0 Å². The predicted molar refractivity (Wildman–Crippen MR) is 112 cm³/mol. The summed E-state index contributed by atoms with van der Waals surface area (Å²) < 4.78 is 41.2. The summed E-state index contributed by atoms with van der Waals surface area (Å²) in [7, 11) is -3.30. The predicted octanol–water partition coefficient (Wildman–Crippen LogP) is 1.000. The molecule has 1 saturated carbocycles. The number of aliphatic hydroxyl groups is 1. The Kier molecular flexibility index (Phi) is 6.71. The molecule has 0 bridgehead atoms. The fraction of sp³-hybridized carbons (Fsp3) is 0.667. The summed E-state index contributed by atoms with van der Waals surface area (Å²) in [6.45, 7) is 1.94. The van der Waals surface area contributed by atoms with Crippen LogP contribution in [0, 0.1) is 0 Å². The number of carbonyl (C=O) groups is 1. The van der Waals surface area contributed by atoms with Crippen LogP contribution < -0.4 is 15.4 Å². The molecule has 10 heteroatoms. The number of hydrogen-bond acceptors (Lipinski definition) is 8. The molecule has 31 heavy (non-hydrogen) atoms. The van der Waals surface area contributed by atoms with Gasteiger partial charge in [-0.2, -0.15) is 0 Å². The van der Waals surface area contributed by atoms with Crippen LogP contribution in [0.5, 0.6) is 5.75 Å². The lowest BCUT2D eigenvalue weighted by molar-refractivity contribution is -0.0194. The van der Waals surface area contributed by atoms with Gasteiger partial charge in [0.1, 0.15) is 25.1 Å². The number of amides is 1. The molecule has 3 fully saturated rings. The van der Waals surface area contributed by atoms with Gasteiger partial charge in [0.15, 0.2) is 9.84 Å². The molecule has 3 N–H and O–H groups in total. The highest BCUT2D eigenvalue weighted by Gasteiger charge is 2.41. The Morgan fingerprint density at radius 2 is 2.06 bits per heavy atom. The van der Waals surface area contributed by atoms with Crippen LogP contribution in [0.25, 0.3) is 0 Å². The Bertz CT molecular complexity index is 881. The molecule has 1 aromatic carbocycles. The molecular weight excluding hydrogens is 424 g/mol. The molecule has 3 aliphatic rings. The molecule has 1 aliphatic carbocycles. The van der Waals surface area contributed by atoms with Crippen LogP contribution >= 0.6 is 0 Å². The van der Waals surface area contributed by atoms with Crippen molar-refractivity contribution in [2.45, 2.75) is 60.0 Å². The number of aliphatic hydroxyl groups excluding tert-OH is 1. The summed E-state index contributed by atoms with van der Waals surface area (Å²) in [6.07, 6.45) is 2.36. The molecule has 1 amide bonds. The summed E-state index contributed by atoms with van der Waals surface area (Å²) >= 11 is 0. The van der Waals surface area contributed by atoms with Gasteiger partial charge in [-0.15, -0.1) is 0 Å². The van der Waals surface area contributed by atoms with Crippen LogP contribution in [-0.4, -0.2) is 75.5 Å². The zero-order chi connectivity index (χ0) is 21.9. The summed E-state index contributed by atoms with van der Waals surface area (Å²) in [4.78, 5) is 12.3. The van der Waals surface area contributed by atoms with E-state index in [1.165, 1.54) is 6.07 Å². The van der Waals surface area contributed by atoms with Gasteiger partial charge in [0.05, 0.1) is 28.4 Å². The van der Waals surface area contributed by atoms with Crippen LogP contribution in [-0.2, 0) is 19.3 Å². The highest BCUT2D eigenvalue weighted by molar-refractivity contribution is 7.92. The first-order chi connectivity index (χ1) is 14.9. The average molecular weight is 455 g/mol. The maximum Gasteiger partial charge on any atom is 0.407 e. The molecule has 2 heterocycles. The van der Waals surface area contributed by atoms with Crippen LogP contribution in [0.2, 0.25) is 0 Å². The van der Waals surface area contributed by atoms with Gasteiger partial charge in [-0.1, -0.05) is 6.07 Å². The summed E-state index contributed by atoms with van der Waals surface area (Å²) in [6, 6.07) is 6.15. The van der Waals surface area contributed by atoms with E-state index in [0.717, 1.165) is 32.4 Å². The van der Waals surface area contributed by atoms with Crippen molar-refractivity contribution in [2.24, 2.45) is 0 Å². The monoisotopic (exact) mass is 454 g/mol. The summed E-state index contributed by atoms with van der Waals surface area (Å²) in [5, 5.41) is 15.9. The molecule has 1 spiro atoms. The third kappa shape index (κ3) is 5.68. The Morgan fingerprint density at radius 3 is 2.81 bits per heavy atom. The van der Waals surface area contributed by atoms with Crippen LogP contribution in [0.1, 0.15) is 32.1 Å². The average Bonchev–Trinajstić information content (AvgIpc) is 3.56. The van der Waals surface area contributed by atoms with Gasteiger partial charge >= 0.3 is 6.09 Å². The number of hydrogen-bond donors (Lipinski definition) is 3. The van der Waals surface area contributed by atoms with Crippen molar-refractivity contribution < 1.29 is 32.5 Å². The van der Waals surface area contributed by atoms with E-state index in [2.05, 4.69) is 10.6 Å². The van der Waals surface area contributed by atoms with Crippen molar-refractivity contribution in [2.75, 3.05) is 32.9 Å². The normalized spacial score (nSPS) is 24.0. The summed E-state index contributed by atoms with van der Waals surface area (Å²) in [5.74, 6) is 0.348. The minimum atomic E-state index is -3.30. The second-order valence-electron chi connectivity index (χ2n) is 8.57. The number of nitrogens with one attached hydrogen (secondary N) is 2. The van der Waals surface area contributed by atoms with E-state index in [4.69, 9.17) is 14.2 Å². The lowest BCUT2D eigenvalue weighted by Gasteiger charge is -2.32. The standard InChI is InChI=1S/C21H30N2O7S/c24-16(13-28-17-2-1-3-19(10-17)31(26,27)18-4-5-18)14-29-20(25)23-15-11-21(30-12-15)6-8-22-9-7-21/h1-3,10,15-16,18,22,24H,4-9,11-14H2,(H,23,25)/t15-,16?/m1/s1. The first-order valence-electron chi connectivity index (χ1n) is 10.8. The van der Waals surface area contributed by atoms with Gasteiger partial charge in [0, 0.05) is 0 Å². The maximum atomic E-state index is 12.3. The van der Waals surface area contributed by atoms with Gasteiger partial charge in [-0.25, -0.2) is 13.2 Å². The number of rotatable bonds is 8. The summed E-state index contributed by atoms with van der Waals surface area (Å²) in [5.41, 5.74) is -0.155. The largest absolute Gasteiger partial charge is 0.491 e. The van der Waals surface area contributed by atoms with E-state index < -0.39 is 22.0 Å². The molecule has 2 saturated heterocycles. The van der Waals surface area contributed by atoms with Crippen molar-refractivity contribution in [3.63, 3.8) is 0 Å². The molecular formula is C21H30N2O7S. The number of ether oxygens (including phenoxy) is 3. The topological polar surface area (TPSA) is 123 Å². The fourth-order valence-electron chi connectivity index (χ4n) is 4.10. The third-order valence-corrected chi connectivity index (χ3v) is 8.25. The first-order valence-corrected chi connectivity index (χ1v) is 12.3. The zero-order valence-electron chi connectivity index (χ0n) is 17.4. The quantitative estimate of drug-likeness (QED) is 0.532. The molecule has 0 radical (unpaired) electrons. The van der Waals surface area contributed by atoms with Gasteiger partial charge in [0.2, 0.25) is 0 Å². The molecule has 172 valence electrons. The fourth-order valence-corrected chi connectivity index (χ4v) is 5.79. The Balaban J connectivity index is 1.18. The lowest BCUT2D eigenvalue weighted by Crippen LogP contribution is -2.43. The SMILES string of the molecule is O=C(N[C@H]1COC2(CCNCC2)C1)OCC(O)COc1cccc(S(=O)(=O)C2CC2)c1. The Morgan fingerprint density at radius 1 is 1.29 bits per heavy atom. The van der Waals surface area contributed by atoms with E-state index in [-0.39, 0.29) is 35.0 Å². The highest BCUT2D eigenvalue weighted by atomic mass is 32.2. The number of piperidine rings is 1. The van der Waals surface area contributed by atoms with Gasteiger partial charge in [-0.05, 0) is 63.4 Å². The number of sulfone groups is 1. The highest BCUT2D eigenvalue weighted by Crippen LogP contribution is 2.35. The van der Waals surface area contributed by atoms with Gasteiger partial charge in [-0.3, -0.25) is 0 Å². The van der Waals surface area contributed by atoms with E-state index in [0.29, 0.717) is 25.2 Å². The van der Waals surface area contributed by atoms with Crippen LogP contribution in [0.15, 0.2) is 29.2 Å². The van der Waals surface area contributed by atoms with Crippen LogP contribution in [0.3, 0.4) is 0 Å². The molecule has 9 nitrogen and oxygen atoms in total. The Labute approximate surface area is 182 Å². The van der Waals surface area contributed by atoms with Crippen molar-refractivity contribution in [1.82, 2.24) is 10.6 Å². The minimum absolute atomic E-state index is 0.102. The van der Waals surface area contributed by atoms with Crippen molar-refractivity contribution in [3.05, 3.63) is 24.3 Å². The molecule has 1 aromatic rings. The molecule has 0 aromatic heterocycles. The van der Waals surface area contributed by atoms with Gasteiger partial charge < -0.3 is 30.0 Å². The van der Waals surface area contributed by atoms with E-state index in [9.17, 15) is 18.3 Å².